The average molecular weight is 205 g/mol. The Balaban J connectivity index is 1.98. The lowest BCUT2D eigenvalue weighted by molar-refractivity contribution is 1.07. The van der Waals surface area contributed by atoms with E-state index < -0.39 is 0 Å². The van der Waals surface area contributed by atoms with E-state index in [4.69, 9.17) is 5.73 Å². The molecule has 72 valence electrons. The third-order valence-electron chi connectivity index (χ3n) is 1.84. The first-order valence-electron chi connectivity index (χ1n) is 4.31. The molecule has 0 unspecified atom stereocenters. The molecule has 0 aliphatic carbocycles. The van der Waals surface area contributed by atoms with Gasteiger partial charge >= 0.3 is 0 Å². The van der Waals surface area contributed by atoms with Gasteiger partial charge in [-0.1, -0.05) is 6.07 Å². The zero-order valence-corrected chi connectivity index (χ0v) is 8.42. The van der Waals surface area contributed by atoms with Crippen molar-refractivity contribution in [2.24, 2.45) is 0 Å². The fourth-order valence-electron chi connectivity index (χ4n) is 1.17. The quantitative estimate of drug-likeness (QED) is 0.756. The third-order valence-corrected chi connectivity index (χ3v) is 2.48. The van der Waals surface area contributed by atoms with Gasteiger partial charge in [0.2, 0.25) is 0 Å². The summed E-state index contributed by atoms with van der Waals surface area (Å²) in [7, 11) is 0. The van der Waals surface area contributed by atoms with Crippen LogP contribution in [0.25, 0.3) is 0 Å². The third kappa shape index (κ3) is 2.23. The number of nitrogen functional groups attached to an aromatic ring is 1. The molecule has 0 fully saturated rings. The normalized spacial score (nSPS) is 10.0. The Kier molecular flexibility index (Phi) is 2.65. The summed E-state index contributed by atoms with van der Waals surface area (Å²) in [5.41, 5.74) is 10.3. The van der Waals surface area contributed by atoms with Crippen LogP contribution in [0.1, 0.15) is 5.69 Å². The molecule has 0 aliphatic heterocycles. The van der Waals surface area contributed by atoms with E-state index in [1.807, 2.05) is 35.2 Å². The van der Waals surface area contributed by atoms with Crippen molar-refractivity contribution in [2.45, 2.75) is 6.54 Å². The number of anilines is 2. The molecule has 0 amide bonds. The van der Waals surface area contributed by atoms with Crippen molar-refractivity contribution in [3.05, 3.63) is 40.8 Å². The highest BCUT2D eigenvalue weighted by Gasteiger charge is 1.95. The Morgan fingerprint density at radius 2 is 2.36 bits per heavy atom. The van der Waals surface area contributed by atoms with E-state index in [0.29, 0.717) is 0 Å². The van der Waals surface area contributed by atoms with E-state index in [2.05, 4.69) is 10.3 Å². The van der Waals surface area contributed by atoms with Gasteiger partial charge in [0.05, 0.1) is 17.7 Å². The predicted molar refractivity (Wildman–Crippen MR) is 60.3 cm³/mol. The molecule has 1 aromatic heterocycles. The second-order valence-electron chi connectivity index (χ2n) is 2.96. The van der Waals surface area contributed by atoms with Crippen LogP contribution in [-0.4, -0.2) is 4.98 Å². The standard InChI is InChI=1S/C10H11N3S/c11-8-2-1-3-9(4-8)12-5-10-6-14-7-13-10/h1-4,6-7,12H,5,11H2. The minimum Gasteiger partial charge on any atom is -0.399 e. The van der Waals surface area contributed by atoms with Crippen LogP contribution in [0.4, 0.5) is 11.4 Å². The molecule has 2 rings (SSSR count). The molecule has 4 heteroatoms. The van der Waals surface area contributed by atoms with Gasteiger partial charge in [-0.25, -0.2) is 4.98 Å². The zero-order valence-electron chi connectivity index (χ0n) is 7.60. The van der Waals surface area contributed by atoms with E-state index >= 15 is 0 Å². The molecule has 1 aromatic carbocycles. The van der Waals surface area contributed by atoms with Crippen LogP contribution in [0.3, 0.4) is 0 Å². The molecule has 0 saturated heterocycles. The molecule has 14 heavy (non-hydrogen) atoms. The second kappa shape index (κ2) is 4.11. The summed E-state index contributed by atoms with van der Waals surface area (Å²) in [4.78, 5) is 4.18. The Morgan fingerprint density at radius 3 is 3.07 bits per heavy atom. The van der Waals surface area contributed by atoms with Crippen molar-refractivity contribution in [3.63, 3.8) is 0 Å². The lowest BCUT2D eigenvalue weighted by Crippen LogP contribution is -1.99. The number of benzene rings is 1. The smallest absolute Gasteiger partial charge is 0.0795 e. The number of aromatic nitrogens is 1. The molecular weight excluding hydrogens is 194 g/mol. The SMILES string of the molecule is Nc1cccc(NCc2cscn2)c1. The molecule has 0 spiro atoms. The summed E-state index contributed by atoms with van der Waals surface area (Å²) in [6.07, 6.45) is 0. The fourth-order valence-corrected chi connectivity index (χ4v) is 1.72. The summed E-state index contributed by atoms with van der Waals surface area (Å²) in [6.45, 7) is 0.743. The molecule has 3 nitrogen and oxygen atoms in total. The molecule has 0 radical (unpaired) electrons. The van der Waals surface area contributed by atoms with Gasteiger partial charge in [0.1, 0.15) is 0 Å². The highest BCUT2D eigenvalue weighted by Crippen LogP contribution is 2.13. The van der Waals surface area contributed by atoms with Gasteiger partial charge in [-0.05, 0) is 18.2 Å². The maximum absolute atomic E-state index is 5.65. The van der Waals surface area contributed by atoms with Crippen LogP contribution in [0.2, 0.25) is 0 Å². The molecule has 3 N–H and O–H groups in total. The summed E-state index contributed by atoms with van der Waals surface area (Å²) in [5, 5.41) is 5.28. The highest BCUT2D eigenvalue weighted by atomic mass is 32.1. The number of thiazole rings is 1. The first-order chi connectivity index (χ1) is 6.84. The lowest BCUT2D eigenvalue weighted by Gasteiger charge is -2.04. The van der Waals surface area contributed by atoms with Crippen molar-refractivity contribution in [3.8, 4) is 0 Å². The largest absolute Gasteiger partial charge is 0.399 e. The summed E-state index contributed by atoms with van der Waals surface area (Å²) in [6, 6.07) is 7.70. The van der Waals surface area contributed by atoms with Gasteiger partial charge in [0.25, 0.3) is 0 Å². The number of nitrogens with one attached hydrogen (secondary N) is 1. The maximum Gasteiger partial charge on any atom is 0.0795 e. The van der Waals surface area contributed by atoms with Crippen LogP contribution < -0.4 is 11.1 Å². The Labute approximate surface area is 86.6 Å². The van der Waals surface area contributed by atoms with Gasteiger partial charge in [-0.3, -0.25) is 0 Å². The lowest BCUT2D eigenvalue weighted by atomic mass is 10.3. The van der Waals surface area contributed by atoms with Crippen LogP contribution in [0, 0.1) is 0 Å². The molecular formula is C10H11N3S. The van der Waals surface area contributed by atoms with E-state index in [9.17, 15) is 0 Å². The Hall–Kier alpha value is -1.55. The number of nitrogens with two attached hydrogens (primary N) is 1. The minimum atomic E-state index is 0.743. The van der Waals surface area contributed by atoms with Gasteiger partial charge in [0, 0.05) is 16.8 Å². The van der Waals surface area contributed by atoms with Crippen LogP contribution >= 0.6 is 11.3 Å². The van der Waals surface area contributed by atoms with Crippen molar-refractivity contribution in [1.29, 1.82) is 0 Å². The number of rotatable bonds is 3. The monoisotopic (exact) mass is 205 g/mol. The summed E-state index contributed by atoms with van der Waals surface area (Å²) in [5.74, 6) is 0. The van der Waals surface area contributed by atoms with Crippen LogP contribution in [0.5, 0.6) is 0 Å². The van der Waals surface area contributed by atoms with Gasteiger partial charge in [-0.2, -0.15) is 0 Å². The summed E-state index contributed by atoms with van der Waals surface area (Å²) >= 11 is 1.60. The highest BCUT2D eigenvalue weighted by molar-refractivity contribution is 7.07. The van der Waals surface area contributed by atoms with E-state index in [0.717, 1.165) is 23.6 Å². The Bertz CT molecular complexity index is 398. The minimum absolute atomic E-state index is 0.743. The number of hydrogen-bond donors (Lipinski definition) is 2. The van der Waals surface area contributed by atoms with Gasteiger partial charge in [0.15, 0.2) is 0 Å². The van der Waals surface area contributed by atoms with E-state index in [-0.39, 0.29) is 0 Å². The van der Waals surface area contributed by atoms with Crippen molar-refractivity contribution < 1.29 is 0 Å². The van der Waals surface area contributed by atoms with Crippen molar-refractivity contribution in [1.82, 2.24) is 4.98 Å². The van der Waals surface area contributed by atoms with E-state index in [1.54, 1.807) is 11.3 Å². The number of hydrogen-bond acceptors (Lipinski definition) is 4. The van der Waals surface area contributed by atoms with Gasteiger partial charge in [-0.15, -0.1) is 11.3 Å². The van der Waals surface area contributed by atoms with Crippen molar-refractivity contribution in [2.75, 3.05) is 11.1 Å². The van der Waals surface area contributed by atoms with Crippen molar-refractivity contribution >= 4 is 22.7 Å². The average Bonchev–Trinajstić information content (AvgIpc) is 2.67. The number of nitrogens with zero attached hydrogens (tertiary/aromatic N) is 1. The first kappa shape index (κ1) is 9.02. The fraction of sp³-hybridized carbons (Fsp3) is 0.100. The predicted octanol–water partition coefficient (Wildman–Crippen LogP) is 2.34. The van der Waals surface area contributed by atoms with Crippen LogP contribution in [-0.2, 0) is 6.54 Å². The topological polar surface area (TPSA) is 50.9 Å². The molecule has 1 heterocycles. The second-order valence-corrected chi connectivity index (χ2v) is 3.68. The first-order valence-corrected chi connectivity index (χ1v) is 5.25. The van der Waals surface area contributed by atoms with Crippen LogP contribution in [0.15, 0.2) is 35.2 Å². The summed E-state index contributed by atoms with van der Waals surface area (Å²) < 4.78 is 0. The molecule has 0 aliphatic rings. The van der Waals surface area contributed by atoms with E-state index in [1.165, 1.54) is 0 Å². The maximum atomic E-state index is 5.65. The molecule has 0 bridgehead atoms. The Morgan fingerprint density at radius 1 is 1.43 bits per heavy atom. The molecule has 2 aromatic rings. The van der Waals surface area contributed by atoms with Gasteiger partial charge < -0.3 is 11.1 Å². The molecule has 0 atom stereocenters. The molecule has 0 saturated carbocycles. The zero-order chi connectivity index (χ0) is 9.80.